The predicted octanol–water partition coefficient (Wildman–Crippen LogP) is 4.38. The molecule has 0 N–H and O–H groups in total. The fourth-order valence-corrected chi connectivity index (χ4v) is 3.34. The van der Waals surface area contributed by atoms with Crippen molar-refractivity contribution >= 4 is 5.97 Å². The molecule has 0 saturated heterocycles. The van der Waals surface area contributed by atoms with Crippen molar-refractivity contribution < 1.29 is 52.2 Å². The van der Waals surface area contributed by atoms with Crippen LogP contribution in [0.5, 0.6) is 0 Å². The van der Waals surface area contributed by atoms with Gasteiger partial charge in [0.05, 0.1) is 108 Å². The van der Waals surface area contributed by atoms with Gasteiger partial charge in [-0.1, -0.05) is 6.58 Å². The van der Waals surface area contributed by atoms with Crippen LogP contribution in [0.15, 0.2) is 12.2 Å². The van der Waals surface area contributed by atoms with E-state index in [0.717, 1.165) is 0 Å². The third kappa shape index (κ3) is 24.8. The summed E-state index contributed by atoms with van der Waals surface area (Å²) in [7, 11) is 1.66. The van der Waals surface area contributed by atoms with Gasteiger partial charge in [-0.25, -0.2) is 4.79 Å². The minimum atomic E-state index is -0.418. The highest BCUT2D eigenvalue weighted by Crippen LogP contribution is 2.06. The fourth-order valence-electron chi connectivity index (χ4n) is 3.34. The Kier molecular flexibility index (Phi) is 24.4. The largest absolute Gasteiger partial charge is 0.457 e. The van der Waals surface area contributed by atoms with Crippen LogP contribution in [-0.4, -0.2) is 127 Å². The minimum absolute atomic E-state index is 0.0239. The van der Waals surface area contributed by atoms with Crippen LogP contribution in [-0.2, 0) is 52.2 Å². The van der Waals surface area contributed by atoms with Gasteiger partial charge in [0.2, 0.25) is 0 Å². The maximum atomic E-state index is 11.6. The summed E-state index contributed by atoms with van der Waals surface area (Å²) in [4.78, 5) is 11.6. The molecular weight excluding hydrogens is 560 g/mol. The molecule has 0 aliphatic rings. The van der Waals surface area contributed by atoms with Gasteiger partial charge in [0.15, 0.2) is 0 Å². The summed E-state index contributed by atoms with van der Waals surface area (Å²) >= 11 is 0. The zero-order valence-electron chi connectivity index (χ0n) is 28.8. The lowest BCUT2D eigenvalue weighted by molar-refractivity contribution is -0.148. The molecule has 9 atom stereocenters. The van der Waals surface area contributed by atoms with Gasteiger partial charge in [-0.05, 0) is 69.2 Å². The van der Waals surface area contributed by atoms with Crippen molar-refractivity contribution in [2.75, 3.05) is 66.6 Å². The quantitative estimate of drug-likeness (QED) is 0.0916. The smallest absolute Gasteiger partial charge is 0.333 e. The SMILES string of the molecule is C=C(C)C(=O)OC(C)COC(C)COC(C)COC(C)COC(C)COC(C)COC(C)COC(C)COC(C)COC. The van der Waals surface area contributed by atoms with E-state index >= 15 is 0 Å². The first-order valence-electron chi connectivity index (χ1n) is 15.5. The molecule has 9 unspecified atom stereocenters. The van der Waals surface area contributed by atoms with Crippen LogP contribution in [0.3, 0.4) is 0 Å². The molecule has 11 nitrogen and oxygen atoms in total. The number of ether oxygens (including phenoxy) is 10. The molecule has 0 aliphatic carbocycles. The molecule has 0 spiro atoms. The third-order valence-corrected chi connectivity index (χ3v) is 5.98. The van der Waals surface area contributed by atoms with Crippen LogP contribution in [0.1, 0.15) is 69.2 Å². The Labute approximate surface area is 261 Å². The zero-order valence-corrected chi connectivity index (χ0v) is 28.8. The summed E-state index contributed by atoms with van der Waals surface area (Å²) in [6.07, 6.45) is -0.906. The van der Waals surface area contributed by atoms with Crippen molar-refractivity contribution in [1.29, 1.82) is 0 Å². The van der Waals surface area contributed by atoms with E-state index in [1.807, 2.05) is 55.4 Å². The summed E-state index contributed by atoms with van der Waals surface area (Å²) in [5.74, 6) is -0.418. The minimum Gasteiger partial charge on any atom is -0.457 e. The average molecular weight is 623 g/mol. The van der Waals surface area contributed by atoms with Gasteiger partial charge in [-0.15, -0.1) is 0 Å². The number of carbonyl (C=O) groups excluding carboxylic acids is 1. The Bertz CT molecular complexity index is 707. The van der Waals surface area contributed by atoms with Crippen LogP contribution < -0.4 is 0 Å². The van der Waals surface area contributed by atoms with Gasteiger partial charge >= 0.3 is 5.97 Å². The molecule has 0 aromatic carbocycles. The molecule has 0 fully saturated rings. The van der Waals surface area contributed by atoms with E-state index in [1.54, 1.807) is 21.0 Å². The Balaban J connectivity index is 3.93. The second kappa shape index (κ2) is 25.1. The maximum absolute atomic E-state index is 11.6. The Morgan fingerprint density at radius 2 is 0.651 bits per heavy atom. The van der Waals surface area contributed by atoms with Crippen LogP contribution in [0.25, 0.3) is 0 Å². The predicted molar refractivity (Wildman–Crippen MR) is 166 cm³/mol. The molecule has 0 rings (SSSR count). The average Bonchev–Trinajstić information content (AvgIpc) is 2.96. The molecule has 11 heteroatoms. The van der Waals surface area contributed by atoms with Gasteiger partial charge in [0.1, 0.15) is 6.10 Å². The Morgan fingerprint density at radius 3 is 0.860 bits per heavy atom. The third-order valence-electron chi connectivity index (χ3n) is 5.98. The van der Waals surface area contributed by atoms with Gasteiger partial charge in [-0.3, -0.25) is 0 Å². The van der Waals surface area contributed by atoms with Gasteiger partial charge in [0, 0.05) is 12.7 Å². The second-order valence-electron chi connectivity index (χ2n) is 11.6. The van der Waals surface area contributed by atoms with Gasteiger partial charge in [0.25, 0.3) is 0 Å². The normalized spacial score (nSPS) is 18.2. The molecule has 0 bridgehead atoms. The number of carbonyl (C=O) groups is 1. The summed E-state index contributed by atoms with van der Waals surface area (Å²) in [5, 5.41) is 0. The molecule has 0 aromatic heterocycles. The molecule has 0 aromatic rings. The van der Waals surface area contributed by atoms with E-state index in [-0.39, 0.29) is 61.5 Å². The monoisotopic (exact) mass is 622 g/mol. The van der Waals surface area contributed by atoms with Crippen molar-refractivity contribution in [3.05, 3.63) is 12.2 Å². The lowest BCUT2D eigenvalue weighted by Crippen LogP contribution is -2.30. The number of rotatable bonds is 28. The fraction of sp³-hybridized carbons (Fsp3) is 0.906. The standard InChI is InChI=1S/C32H62O11/c1-22(2)32(33)43-31(11)21-42-30(10)20-41-29(9)19-40-28(8)18-39-27(7)17-38-26(6)16-37-25(5)15-36-24(4)14-35-23(3)13-34-12/h23-31H,1,13-21H2,2-12H3. The van der Waals surface area contributed by atoms with Crippen LogP contribution in [0.2, 0.25) is 0 Å². The Morgan fingerprint density at radius 1 is 0.442 bits per heavy atom. The molecule has 43 heavy (non-hydrogen) atoms. The van der Waals surface area contributed by atoms with E-state index in [4.69, 9.17) is 47.4 Å². The van der Waals surface area contributed by atoms with Crippen molar-refractivity contribution in [1.82, 2.24) is 0 Å². The highest BCUT2D eigenvalue weighted by Gasteiger charge is 2.16. The highest BCUT2D eigenvalue weighted by molar-refractivity contribution is 5.87. The van der Waals surface area contributed by atoms with Crippen molar-refractivity contribution in [2.24, 2.45) is 0 Å². The summed E-state index contributed by atoms with van der Waals surface area (Å²) in [6.45, 7) is 26.7. The number of hydrogen-bond donors (Lipinski definition) is 0. The van der Waals surface area contributed by atoms with Crippen LogP contribution >= 0.6 is 0 Å². The van der Waals surface area contributed by atoms with E-state index in [0.29, 0.717) is 58.4 Å². The Hall–Kier alpha value is -1.15. The number of esters is 1. The topological polar surface area (TPSA) is 109 Å². The number of hydrogen-bond acceptors (Lipinski definition) is 11. The van der Waals surface area contributed by atoms with E-state index < -0.39 is 5.97 Å². The van der Waals surface area contributed by atoms with E-state index in [9.17, 15) is 4.79 Å². The van der Waals surface area contributed by atoms with Crippen LogP contribution in [0, 0.1) is 0 Å². The summed E-state index contributed by atoms with van der Waals surface area (Å²) in [5.41, 5.74) is 0.365. The van der Waals surface area contributed by atoms with Crippen LogP contribution in [0.4, 0.5) is 0 Å². The lowest BCUT2D eigenvalue weighted by Gasteiger charge is -2.23. The summed E-state index contributed by atoms with van der Waals surface area (Å²) in [6, 6.07) is 0. The molecule has 0 saturated carbocycles. The molecule has 0 amide bonds. The first kappa shape index (κ1) is 41.9. The van der Waals surface area contributed by atoms with Crippen molar-refractivity contribution in [3.63, 3.8) is 0 Å². The molecular formula is C32H62O11. The lowest BCUT2D eigenvalue weighted by atomic mass is 10.3. The van der Waals surface area contributed by atoms with Crippen molar-refractivity contribution in [2.45, 2.75) is 124 Å². The number of methoxy groups -OCH3 is 1. The molecule has 0 radical (unpaired) electrons. The van der Waals surface area contributed by atoms with Gasteiger partial charge < -0.3 is 47.4 Å². The zero-order chi connectivity index (χ0) is 32.8. The second-order valence-corrected chi connectivity index (χ2v) is 11.6. The first-order chi connectivity index (χ1) is 20.2. The first-order valence-corrected chi connectivity index (χ1v) is 15.5. The molecule has 0 heterocycles. The highest BCUT2D eigenvalue weighted by atomic mass is 16.6. The van der Waals surface area contributed by atoms with Gasteiger partial charge in [-0.2, -0.15) is 0 Å². The summed E-state index contributed by atoms with van der Waals surface area (Å²) < 4.78 is 56.8. The maximum Gasteiger partial charge on any atom is 0.333 e. The van der Waals surface area contributed by atoms with E-state index in [2.05, 4.69) is 6.58 Å². The molecule has 0 aliphatic heterocycles. The van der Waals surface area contributed by atoms with Crippen molar-refractivity contribution in [3.8, 4) is 0 Å². The van der Waals surface area contributed by atoms with E-state index in [1.165, 1.54) is 0 Å². The molecule has 256 valence electrons.